The van der Waals surface area contributed by atoms with Crippen LogP contribution in [0.2, 0.25) is 0 Å². The number of rotatable bonds is 4. The monoisotopic (exact) mass is 278 g/mol. The van der Waals surface area contributed by atoms with Crippen LogP contribution >= 0.6 is 0 Å². The van der Waals surface area contributed by atoms with Gasteiger partial charge in [0.05, 0.1) is 0 Å². The van der Waals surface area contributed by atoms with E-state index in [9.17, 15) is 24.6 Å². The second-order valence-corrected chi connectivity index (χ2v) is 5.53. The summed E-state index contributed by atoms with van der Waals surface area (Å²) >= 11 is 0. The molecule has 2 rings (SSSR count). The summed E-state index contributed by atoms with van der Waals surface area (Å²) < 4.78 is 0. The molecule has 0 bridgehead atoms. The van der Waals surface area contributed by atoms with Gasteiger partial charge in [0.2, 0.25) is 0 Å². The first-order valence-corrected chi connectivity index (χ1v) is 6.77. The molecule has 0 saturated heterocycles. The van der Waals surface area contributed by atoms with E-state index in [1.54, 1.807) is 12.2 Å². The molecule has 2 N–H and O–H groups in total. The van der Waals surface area contributed by atoms with E-state index in [4.69, 9.17) is 0 Å². The van der Waals surface area contributed by atoms with Crippen LogP contribution in [0.15, 0.2) is 24.3 Å². The average Bonchev–Trinajstić information content (AvgIpc) is 2.47. The van der Waals surface area contributed by atoms with E-state index in [1.807, 2.05) is 12.2 Å². The van der Waals surface area contributed by atoms with Gasteiger partial charge in [-0.2, -0.15) is 0 Å². The molecule has 0 aromatic heterocycles. The van der Waals surface area contributed by atoms with Crippen LogP contribution in [0, 0.1) is 10.8 Å². The minimum atomic E-state index is -1.58. The Kier molecular flexibility index (Phi) is 3.79. The molecule has 2 aliphatic rings. The maximum atomic E-state index is 12.9. The van der Waals surface area contributed by atoms with Gasteiger partial charge in [-0.3, -0.25) is 14.4 Å². The zero-order valence-electron chi connectivity index (χ0n) is 11.2. The fraction of sp³-hybridized carbons (Fsp3) is 0.533. The Bertz CT molecular complexity index is 460. The highest BCUT2D eigenvalue weighted by Gasteiger charge is 2.57. The Balaban J connectivity index is 2.45. The number of carboxylic acid groups (broad SMARTS) is 2. The van der Waals surface area contributed by atoms with Crippen LogP contribution in [-0.2, 0) is 14.4 Å². The molecule has 0 fully saturated rings. The minimum absolute atomic E-state index is 0.0832. The quantitative estimate of drug-likeness (QED) is 0.607. The molecule has 2 aliphatic carbocycles. The van der Waals surface area contributed by atoms with E-state index < -0.39 is 28.6 Å². The van der Waals surface area contributed by atoms with E-state index in [0.717, 1.165) is 0 Å². The van der Waals surface area contributed by atoms with E-state index in [1.165, 1.54) is 0 Å². The predicted octanol–water partition coefficient (Wildman–Crippen LogP) is 2.18. The Morgan fingerprint density at radius 3 is 1.40 bits per heavy atom. The van der Waals surface area contributed by atoms with Crippen LogP contribution in [0.25, 0.3) is 0 Å². The molecule has 0 radical (unpaired) electrons. The summed E-state index contributed by atoms with van der Waals surface area (Å²) in [6, 6.07) is 0. The number of carboxylic acids is 2. The molecule has 20 heavy (non-hydrogen) atoms. The molecule has 0 saturated carbocycles. The second kappa shape index (κ2) is 5.23. The normalized spacial score (nSPS) is 32.8. The first-order valence-electron chi connectivity index (χ1n) is 6.77. The van der Waals surface area contributed by atoms with Crippen molar-refractivity contribution in [3.05, 3.63) is 24.3 Å². The molecule has 0 heterocycles. The van der Waals surface area contributed by atoms with Crippen molar-refractivity contribution in [2.75, 3.05) is 0 Å². The average molecular weight is 278 g/mol. The molecule has 0 aromatic rings. The predicted molar refractivity (Wildman–Crippen MR) is 71.1 cm³/mol. The summed E-state index contributed by atoms with van der Waals surface area (Å²) in [6.45, 7) is 0. The summed E-state index contributed by atoms with van der Waals surface area (Å²) in [6.07, 6.45) is 8.51. The molecule has 0 spiro atoms. The third kappa shape index (κ3) is 2.07. The largest absolute Gasteiger partial charge is 0.480 e. The molecule has 5 heteroatoms. The third-order valence-corrected chi connectivity index (χ3v) is 4.43. The van der Waals surface area contributed by atoms with Gasteiger partial charge in [0.25, 0.3) is 0 Å². The summed E-state index contributed by atoms with van der Waals surface area (Å²) in [5.74, 6) is -3.05. The molecule has 0 aromatic carbocycles. The van der Waals surface area contributed by atoms with Gasteiger partial charge in [-0.15, -0.1) is 0 Å². The van der Waals surface area contributed by atoms with Gasteiger partial charge in [-0.05, 0) is 38.5 Å². The van der Waals surface area contributed by atoms with Crippen LogP contribution in [-0.4, -0.2) is 27.9 Å². The lowest BCUT2D eigenvalue weighted by molar-refractivity contribution is -0.167. The highest BCUT2D eigenvalue weighted by atomic mass is 16.4. The lowest BCUT2D eigenvalue weighted by Crippen LogP contribution is -2.52. The van der Waals surface area contributed by atoms with E-state index in [2.05, 4.69) is 0 Å². The molecule has 5 nitrogen and oxygen atoms in total. The lowest BCUT2D eigenvalue weighted by Gasteiger charge is -2.38. The fourth-order valence-electron chi connectivity index (χ4n) is 3.12. The van der Waals surface area contributed by atoms with Crippen molar-refractivity contribution in [2.24, 2.45) is 10.8 Å². The van der Waals surface area contributed by atoms with E-state index in [-0.39, 0.29) is 25.7 Å². The van der Waals surface area contributed by atoms with Gasteiger partial charge in [-0.1, -0.05) is 24.3 Å². The third-order valence-electron chi connectivity index (χ3n) is 4.43. The number of carbonyl (C=O) groups excluding carboxylic acids is 1. The first-order chi connectivity index (χ1) is 9.46. The van der Waals surface area contributed by atoms with Crippen LogP contribution in [0.4, 0.5) is 0 Å². The maximum Gasteiger partial charge on any atom is 0.317 e. The van der Waals surface area contributed by atoms with Crippen LogP contribution < -0.4 is 0 Å². The summed E-state index contributed by atoms with van der Waals surface area (Å²) in [7, 11) is 0. The topological polar surface area (TPSA) is 91.7 Å². The number of carbonyl (C=O) groups is 3. The van der Waals surface area contributed by atoms with Gasteiger partial charge in [0.1, 0.15) is 10.8 Å². The SMILES string of the molecule is O=C(O)C1(C(=O)C2(C(=O)O)CC=CCC2)CC=CCC1. The van der Waals surface area contributed by atoms with Gasteiger partial charge in [0, 0.05) is 0 Å². The zero-order valence-corrected chi connectivity index (χ0v) is 11.2. The molecule has 2 atom stereocenters. The number of aliphatic carboxylic acids is 2. The summed E-state index contributed by atoms with van der Waals surface area (Å²) in [5.41, 5.74) is -3.17. The zero-order chi connectivity index (χ0) is 14.8. The smallest absolute Gasteiger partial charge is 0.317 e. The lowest BCUT2D eigenvalue weighted by atomic mass is 9.61. The number of allylic oxidation sites excluding steroid dienone is 4. The van der Waals surface area contributed by atoms with Crippen LogP contribution in [0.5, 0.6) is 0 Å². The Morgan fingerprint density at radius 1 is 0.750 bits per heavy atom. The molecular weight excluding hydrogens is 260 g/mol. The summed E-state index contributed by atoms with van der Waals surface area (Å²) in [5, 5.41) is 19.0. The number of hydrogen-bond acceptors (Lipinski definition) is 3. The Morgan fingerprint density at radius 2 is 1.15 bits per heavy atom. The van der Waals surface area contributed by atoms with Crippen LogP contribution in [0.3, 0.4) is 0 Å². The van der Waals surface area contributed by atoms with Gasteiger partial charge in [0.15, 0.2) is 5.78 Å². The standard InChI is InChI=1S/C15H18O5/c16-11(14(12(17)18)7-3-1-4-8-14)15(13(19)20)9-5-2-6-10-15/h1-3,5H,4,6-10H2,(H,17,18)(H,19,20). The van der Waals surface area contributed by atoms with Crippen molar-refractivity contribution in [3.8, 4) is 0 Å². The van der Waals surface area contributed by atoms with E-state index in [0.29, 0.717) is 12.8 Å². The highest BCUT2D eigenvalue weighted by Crippen LogP contribution is 2.45. The van der Waals surface area contributed by atoms with Gasteiger partial charge >= 0.3 is 11.9 Å². The van der Waals surface area contributed by atoms with Crippen molar-refractivity contribution in [1.29, 1.82) is 0 Å². The molecule has 0 amide bonds. The molecule has 0 aliphatic heterocycles. The molecule has 108 valence electrons. The van der Waals surface area contributed by atoms with E-state index >= 15 is 0 Å². The Labute approximate surface area is 117 Å². The first kappa shape index (κ1) is 14.5. The molecule has 2 unspecified atom stereocenters. The van der Waals surface area contributed by atoms with Crippen molar-refractivity contribution in [1.82, 2.24) is 0 Å². The van der Waals surface area contributed by atoms with Gasteiger partial charge in [-0.25, -0.2) is 0 Å². The number of hydrogen-bond donors (Lipinski definition) is 2. The van der Waals surface area contributed by atoms with Crippen molar-refractivity contribution >= 4 is 17.7 Å². The Hall–Kier alpha value is -1.91. The highest BCUT2D eigenvalue weighted by molar-refractivity contribution is 6.14. The second-order valence-electron chi connectivity index (χ2n) is 5.53. The summed E-state index contributed by atoms with van der Waals surface area (Å²) in [4.78, 5) is 36.2. The van der Waals surface area contributed by atoms with Gasteiger partial charge < -0.3 is 10.2 Å². The molecular formula is C15H18O5. The van der Waals surface area contributed by atoms with Crippen molar-refractivity contribution in [3.63, 3.8) is 0 Å². The van der Waals surface area contributed by atoms with Crippen LogP contribution in [0.1, 0.15) is 38.5 Å². The maximum absolute atomic E-state index is 12.9. The minimum Gasteiger partial charge on any atom is -0.480 e. The van der Waals surface area contributed by atoms with Crippen molar-refractivity contribution in [2.45, 2.75) is 38.5 Å². The number of ketones is 1. The number of Topliss-reactive ketones (excluding diaryl/α,β-unsaturated/α-hetero) is 1. The van der Waals surface area contributed by atoms with Crippen molar-refractivity contribution < 1.29 is 24.6 Å². The fourth-order valence-corrected chi connectivity index (χ4v) is 3.12.